The molecule has 5 heteroatoms. The number of nitrogens with zero attached hydrogens (tertiary/aromatic N) is 3. The van der Waals surface area contributed by atoms with Crippen LogP contribution in [0.3, 0.4) is 0 Å². The highest BCUT2D eigenvalue weighted by Crippen LogP contribution is 2.28. The maximum absolute atomic E-state index is 5.85. The van der Waals surface area contributed by atoms with Crippen molar-refractivity contribution in [3.8, 4) is 0 Å². The van der Waals surface area contributed by atoms with E-state index in [1.165, 1.54) is 19.3 Å². The summed E-state index contributed by atoms with van der Waals surface area (Å²) in [7, 11) is 0. The summed E-state index contributed by atoms with van der Waals surface area (Å²) in [6, 6.07) is 5.50. The minimum atomic E-state index is 0.698. The summed E-state index contributed by atoms with van der Waals surface area (Å²) in [6.07, 6.45) is 3.72. The van der Waals surface area contributed by atoms with Crippen LogP contribution in [0.15, 0.2) is 33.0 Å². The smallest absolute Gasteiger partial charge is 0.102 e. The monoisotopic (exact) mass is 301 g/mol. The molecule has 3 nitrogen and oxygen atoms in total. The van der Waals surface area contributed by atoms with Crippen LogP contribution in [0.1, 0.15) is 19.3 Å². The average molecular weight is 303 g/mol. The molecule has 0 aromatic heterocycles. The van der Waals surface area contributed by atoms with Crippen molar-refractivity contribution in [1.29, 1.82) is 0 Å². The molecule has 0 aliphatic carbocycles. The first-order valence-corrected chi connectivity index (χ1v) is 6.54. The van der Waals surface area contributed by atoms with Crippen LogP contribution in [-0.4, -0.2) is 18.1 Å². The molecule has 16 heavy (non-hydrogen) atoms. The van der Waals surface area contributed by atoms with Gasteiger partial charge in [-0.25, -0.2) is 0 Å². The third-order valence-corrected chi connectivity index (χ3v) is 3.39. The second kappa shape index (κ2) is 5.64. The Balaban J connectivity index is 2.04. The number of hydrogen-bond donors (Lipinski definition) is 0. The SMILES string of the molecule is Clc1ccc(N=NN2CCCCC2)c(Br)c1. The minimum absolute atomic E-state index is 0.698. The van der Waals surface area contributed by atoms with Crippen molar-refractivity contribution in [2.45, 2.75) is 19.3 Å². The molecule has 0 atom stereocenters. The normalized spacial score (nSPS) is 17.0. The fourth-order valence-electron chi connectivity index (χ4n) is 1.64. The maximum atomic E-state index is 5.85. The molecule has 1 aromatic rings. The topological polar surface area (TPSA) is 28.0 Å². The van der Waals surface area contributed by atoms with E-state index in [1.54, 1.807) is 0 Å². The summed E-state index contributed by atoms with van der Waals surface area (Å²) in [5.41, 5.74) is 0.815. The van der Waals surface area contributed by atoms with Gasteiger partial charge in [0.15, 0.2) is 0 Å². The maximum Gasteiger partial charge on any atom is 0.102 e. The van der Waals surface area contributed by atoms with Crippen LogP contribution < -0.4 is 0 Å². The Kier molecular flexibility index (Phi) is 4.18. The van der Waals surface area contributed by atoms with Crippen LogP contribution in [0.5, 0.6) is 0 Å². The van der Waals surface area contributed by atoms with E-state index in [2.05, 4.69) is 26.3 Å². The molecule has 0 bridgehead atoms. The summed E-state index contributed by atoms with van der Waals surface area (Å²) in [6.45, 7) is 2.02. The fourth-order valence-corrected chi connectivity index (χ4v) is 2.40. The Bertz CT molecular complexity index is 389. The molecule has 0 unspecified atom stereocenters. The van der Waals surface area contributed by atoms with Gasteiger partial charge in [-0.15, -0.1) is 5.11 Å². The van der Waals surface area contributed by atoms with E-state index in [0.29, 0.717) is 5.02 Å². The van der Waals surface area contributed by atoms with Gasteiger partial charge in [0.2, 0.25) is 0 Å². The lowest BCUT2D eigenvalue weighted by molar-refractivity contribution is 0.224. The number of benzene rings is 1. The van der Waals surface area contributed by atoms with Gasteiger partial charge in [0.05, 0.1) is 0 Å². The summed E-state index contributed by atoms with van der Waals surface area (Å²) in [5.74, 6) is 0. The first kappa shape index (κ1) is 11.9. The molecule has 0 saturated carbocycles. The van der Waals surface area contributed by atoms with Crippen molar-refractivity contribution in [2.24, 2.45) is 10.3 Å². The largest absolute Gasteiger partial charge is 0.278 e. The van der Waals surface area contributed by atoms with Crippen LogP contribution in [0.2, 0.25) is 5.02 Å². The van der Waals surface area contributed by atoms with Gasteiger partial charge < -0.3 is 0 Å². The highest BCUT2D eigenvalue weighted by molar-refractivity contribution is 9.10. The van der Waals surface area contributed by atoms with E-state index < -0.39 is 0 Å². The van der Waals surface area contributed by atoms with Gasteiger partial charge in [-0.2, -0.15) is 0 Å². The second-order valence-corrected chi connectivity index (χ2v) is 5.09. The van der Waals surface area contributed by atoms with E-state index in [1.807, 2.05) is 23.2 Å². The molecule has 1 heterocycles. The molecule has 2 rings (SSSR count). The zero-order valence-corrected chi connectivity index (χ0v) is 11.2. The van der Waals surface area contributed by atoms with E-state index in [-0.39, 0.29) is 0 Å². The second-order valence-electron chi connectivity index (χ2n) is 3.80. The van der Waals surface area contributed by atoms with Crippen LogP contribution in [-0.2, 0) is 0 Å². The van der Waals surface area contributed by atoms with E-state index in [4.69, 9.17) is 11.6 Å². The highest BCUT2D eigenvalue weighted by atomic mass is 79.9. The summed E-state index contributed by atoms with van der Waals surface area (Å²) in [4.78, 5) is 0. The Morgan fingerprint density at radius 3 is 2.62 bits per heavy atom. The van der Waals surface area contributed by atoms with Crippen LogP contribution in [0, 0.1) is 0 Å². The first-order chi connectivity index (χ1) is 7.75. The van der Waals surface area contributed by atoms with Crippen LogP contribution >= 0.6 is 27.5 Å². The molecule has 1 fully saturated rings. The zero-order chi connectivity index (χ0) is 11.4. The zero-order valence-electron chi connectivity index (χ0n) is 8.87. The summed E-state index contributed by atoms with van der Waals surface area (Å²) >= 11 is 9.27. The molecule has 1 aromatic carbocycles. The van der Waals surface area contributed by atoms with E-state index in [0.717, 1.165) is 23.2 Å². The van der Waals surface area contributed by atoms with E-state index in [9.17, 15) is 0 Å². The van der Waals surface area contributed by atoms with Crippen LogP contribution in [0.25, 0.3) is 0 Å². The minimum Gasteiger partial charge on any atom is -0.278 e. The molecule has 0 amide bonds. The van der Waals surface area contributed by atoms with Crippen molar-refractivity contribution in [2.75, 3.05) is 13.1 Å². The third-order valence-electron chi connectivity index (χ3n) is 2.52. The van der Waals surface area contributed by atoms with E-state index >= 15 is 0 Å². The molecular formula is C11H13BrClN3. The summed E-state index contributed by atoms with van der Waals surface area (Å²) < 4.78 is 0.876. The molecule has 1 aliphatic heterocycles. The molecule has 1 aliphatic rings. The molecule has 0 spiro atoms. The van der Waals surface area contributed by atoms with Gasteiger partial charge in [-0.05, 0) is 53.4 Å². The van der Waals surface area contributed by atoms with Gasteiger partial charge in [0.25, 0.3) is 0 Å². The molecular weight excluding hydrogens is 289 g/mol. The van der Waals surface area contributed by atoms with Gasteiger partial charge in [-0.3, -0.25) is 5.01 Å². The predicted octanol–water partition coefficient (Wildman–Crippen LogP) is 4.59. The fraction of sp³-hybridized carbons (Fsp3) is 0.455. The van der Waals surface area contributed by atoms with Gasteiger partial charge in [-0.1, -0.05) is 16.8 Å². The Labute approximate surface area is 109 Å². The molecule has 86 valence electrons. The van der Waals surface area contributed by atoms with Gasteiger partial charge in [0, 0.05) is 22.6 Å². The summed E-state index contributed by atoms with van der Waals surface area (Å²) in [5, 5.41) is 11.2. The molecule has 0 radical (unpaired) electrons. The third kappa shape index (κ3) is 3.19. The van der Waals surface area contributed by atoms with Crippen molar-refractivity contribution >= 4 is 33.2 Å². The van der Waals surface area contributed by atoms with Crippen molar-refractivity contribution in [1.82, 2.24) is 5.01 Å². The molecule has 0 N–H and O–H groups in total. The lowest BCUT2D eigenvalue weighted by Crippen LogP contribution is -2.23. The van der Waals surface area contributed by atoms with Crippen LogP contribution in [0.4, 0.5) is 5.69 Å². The average Bonchev–Trinajstić information content (AvgIpc) is 2.29. The number of rotatable bonds is 2. The highest BCUT2D eigenvalue weighted by Gasteiger charge is 2.07. The standard InChI is InChI=1S/C11H13BrClN3/c12-10-8-9(13)4-5-11(10)14-15-16-6-2-1-3-7-16/h4-5,8H,1-3,6-7H2. The Morgan fingerprint density at radius 2 is 1.94 bits per heavy atom. The van der Waals surface area contributed by atoms with Crippen molar-refractivity contribution < 1.29 is 0 Å². The van der Waals surface area contributed by atoms with Crippen molar-refractivity contribution in [3.63, 3.8) is 0 Å². The molecule has 1 saturated heterocycles. The Hall–Kier alpha value is -0.610. The van der Waals surface area contributed by atoms with Crippen molar-refractivity contribution in [3.05, 3.63) is 27.7 Å². The number of halogens is 2. The number of hydrogen-bond acceptors (Lipinski definition) is 2. The lowest BCUT2D eigenvalue weighted by Gasteiger charge is -2.21. The predicted molar refractivity (Wildman–Crippen MR) is 69.1 cm³/mol. The number of piperidine rings is 1. The van der Waals surface area contributed by atoms with Gasteiger partial charge in [0.1, 0.15) is 5.69 Å². The quantitative estimate of drug-likeness (QED) is 0.734. The first-order valence-electron chi connectivity index (χ1n) is 5.37. The van der Waals surface area contributed by atoms with Gasteiger partial charge >= 0.3 is 0 Å². The Morgan fingerprint density at radius 1 is 1.19 bits per heavy atom. The lowest BCUT2D eigenvalue weighted by atomic mass is 10.2.